The van der Waals surface area contributed by atoms with Crippen LogP contribution in [0.4, 0.5) is 0 Å². The lowest BCUT2D eigenvalue weighted by atomic mass is 9.76. The summed E-state index contributed by atoms with van der Waals surface area (Å²) in [4.78, 5) is 0. The van der Waals surface area contributed by atoms with Crippen LogP contribution in [0.5, 0.6) is 0 Å². The van der Waals surface area contributed by atoms with Crippen LogP contribution in [0.2, 0.25) is 0 Å². The molecule has 0 amide bonds. The third-order valence-electron chi connectivity index (χ3n) is 3.32. The van der Waals surface area contributed by atoms with Gasteiger partial charge in [-0.2, -0.15) is 0 Å². The molecule has 0 fully saturated rings. The Hall–Kier alpha value is -0.0400. The van der Waals surface area contributed by atoms with E-state index in [2.05, 4.69) is 39.9 Å². The lowest BCUT2D eigenvalue weighted by Gasteiger charge is -2.31. The molecule has 0 aromatic carbocycles. The predicted molar refractivity (Wildman–Crippen MR) is 61.0 cm³/mol. The smallest absolute Gasteiger partial charge is 0.00437 e. The van der Waals surface area contributed by atoms with Gasteiger partial charge in [-0.3, -0.25) is 0 Å². The summed E-state index contributed by atoms with van der Waals surface area (Å²) < 4.78 is 0. The molecule has 0 heterocycles. The van der Waals surface area contributed by atoms with Crippen LogP contribution in [0.15, 0.2) is 0 Å². The van der Waals surface area contributed by atoms with Crippen molar-refractivity contribution < 1.29 is 0 Å². The van der Waals surface area contributed by atoms with E-state index in [-0.39, 0.29) is 0 Å². The lowest BCUT2D eigenvalue weighted by Crippen LogP contribution is -2.27. The van der Waals surface area contributed by atoms with Gasteiger partial charge in [0.2, 0.25) is 0 Å². The Labute approximate surface area is 84.3 Å². The molecule has 0 spiro atoms. The summed E-state index contributed by atoms with van der Waals surface area (Å²) in [7, 11) is 0. The number of hydrogen-bond acceptors (Lipinski definition) is 1. The van der Waals surface area contributed by atoms with Gasteiger partial charge in [0.25, 0.3) is 0 Å². The Morgan fingerprint density at radius 1 is 1.15 bits per heavy atom. The maximum Gasteiger partial charge on any atom is -0.00437 e. The zero-order valence-electron chi connectivity index (χ0n) is 10.1. The highest BCUT2D eigenvalue weighted by molar-refractivity contribution is 4.75. The van der Waals surface area contributed by atoms with E-state index in [0.717, 1.165) is 12.5 Å². The summed E-state index contributed by atoms with van der Waals surface area (Å²) >= 11 is 0. The van der Waals surface area contributed by atoms with Gasteiger partial charge in [0.15, 0.2) is 0 Å². The average Bonchev–Trinajstić information content (AvgIpc) is 2.11. The summed E-state index contributed by atoms with van der Waals surface area (Å²) in [5.74, 6) is 0.830. The third kappa shape index (κ3) is 5.30. The molecule has 80 valence electrons. The molecule has 0 aromatic heterocycles. The molecule has 1 atom stereocenters. The van der Waals surface area contributed by atoms with Crippen molar-refractivity contribution in [3.8, 4) is 0 Å². The van der Waals surface area contributed by atoms with E-state index in [1.807, 2.05) is 0 Å². The molecule has 0 saturated carbocycles. The largest absolute Gasteiger partial charge is 0.317 e. The second-order valence-corrected chi connectivity index (χ2v) is 4.80. The minimum absolute atomic E-state index is 0.496. The monoisotopic (exact) mass is 185 g/mol. The molecule has 0 aliphatic carbocycles. The van der Waals surface area contributed by atoms with Crippen molar-refractivity contribution in [1.82, 2.24) is 5.32 Å². The normalized spacial score (nSPS) is 14.5. The van der Waals surface area contributed by atoms with Gasteiger partial charge in [0, 0.05) is 0 Å². The van der Waals surface area contributed by atoms with Gasteiger partial charge in [-0.15, -0.1) is 0 Å². The molecule has 0 aliphatic rings. The van der Waals surface area contributed by atoms with Crippen LogP contribution >= 0.6 is 0 Å². The highest BCUT2D eigenvalue weighted by atomic mass is 14.8. The van der Waals surface area contributed by atoms with Crippen molar-refractivity contribution >= 4 is 0 Å². The molecule has 0 radical (unpaired) electrons. The van der Waals surface area contributed by atoms with E-state index in [1.165, 1.54) is 25.8 Å². The summed E-state index contributed by atoms with van der Waals surface area (Å²) in [5, 5.41) is 3.47. The van der Waals surface area contributed by atoms with Crippen LogP contribution in [0.1, 0.15) is 53.9 Å². The second-order valence-electron chi connectivity index (χ2n) is 4.80. The fourth-order valence-corrected chi connectivity index (χ4v) is 1.51. The molecule has 1 unspecified atom stereocenters. The van der Waals surface area contributed by atoms with E-state index in [9.17, 15) is 0 Å². The first kappa shape index (κ1) is 13.0. The summed E-state index contributed by atoms with van der Waals surface area (Å²) in [6, 6.07) is 0. The van der Waals surface area contributed by atoms with E-state index in [4.69, 9.17) is 0 Å². The Morgan fingerprint density at radius 3 is 2.23 bits per heavy atom. The third-order valence-corrected chi connectivity index (χ3v) is 3.32. The van der Waals surface area contributed by atoms with Crippen molar-refractivity contribution in [1.29, 1.82) is 0 Å². The minimum Gasteiger partial charge on any atom is -0.317 e. The highest BCUT2D eigenvalue weighted by Gasteiger charge is 2.23. The van der Waals surface area contributed by atoms with Crippen molar-refractivity contribution in [2.75, 3.05) is 13.1 Å². The quantitative estimate of drug-likeness (QED) is 0.599. The molecule has 0 aliphatic heterocycles. The first-order valence-corrected chi connectivity index (χ1v) is 5.75. The van der Waals surface area contributed by atoms with Gasteiger partial charge in [-0.25, -0.2) is 0 Å². The zero-order chi connectivity index (χ0) is 10.3. The number of rotatable bonds is 7. The molecule has 1 N–H and O–H groups in total. The van der Waals surface area contributed by atoms with Crippen molar-refractivity contribution in [2.45, 2.75) is 53.9 Å². The molecular formula is C12H27N. The van der Waals surface area contributed by atoms with Gasteiger partial charge in [0.1, 0.15) is 0 Å². The molecule has 13 heavy (non-hydrogen) atoms. The Balaban J connectivity index is 3.62. The molecule has 0 rings (SSSR count). The van der Waals surface area contributed by atoms with Crippen LogP contribution < -0.4 is 5.32 Å². The SMILES string of the molecule is CCCNCCC(C)(C)C(C)CC. The van der Waals surface area contributed by atoms with Crippen molar-refractivity contribution in [2.24, 2.45) is 11.3 Å². The van der Waals surface area contributed by atoms with Gasteiger partial charge in [-0.05, 0) is 37.3 Å². The lowest BCUT2D eigenvalue weighted by molar-refractivity contribution is 0.204. The van der Waals surface area contributed by atoms with Crippen LogP contribution in [0, 0.1) is 11.3 Å². The van der Waals surface area contributed by atoms with Crippen LogP contribution in [0.25, 0.3) is 0 Å². The van der Waals surface area contributed by atoms with Gasteiger partial charge < -0.3 is 5.32 Å². The summed E-state index contributed by atoms with van der Waals surface area (Å²) in [6.07, 6.45) is 3.83. The van der Waals surface area contributed by atoms with Gasteiger partial charge >= 0.3 is 0 Å². The van der Waals surface area contributed by atoms with E-state index in [1.54, 1.807) is 0 Å². The standard InChI is InChI=1S/C12H27N/c1-6-9-13-10-8-12(4,5)11(3)7-2/h11,13H,6-10H2,1-5H3. The maximum absolute atomic E-state index is 3.47. The molecule has 0 saturated heterocycles. The Morgan fingerprint density at radius 2 is 1.77 bits per heavy atom. The zero-order valence-corrected chi connectivity index (χ0v) is 10.1. The van der Waals surface area contributed by atoms with E-state index < -0.39 is 0 Å². The summed E-state index contributed by atoms with van der Waals surface area (Å²) in [6.45, 7) is 14.0. The van der Waals surface area contributed by atoms with Crippen molar-refractivity contribution in [3.63, 3.8) is 0 Å². The first-order valence-electron chi connectivity index (χ1n) is 5.75. The number of hydrogen-bond donors (Lipinski definition) is 1. The average molecular weight is 185 g/mol. The molecule has 0 bridgehead atoms. The number of nitrogens with one attached hydrogen (secondary N) is 1. The summed E-state index contributed by atoms with van der Waals surface area (Å²) in [5.41, 5.74) is 0.496. The maximum atomic E-state index is 3.47. The topological polar surface area (TPSA) is 12.0 Å². The molecule has 1 nitrogen and oxygen atoms in total. The fraction of sp³-hybridized carbons (Fsp3) is 1.00. The minimum atomic E-state index is 0.496. The molecule has 0 aromatic rings. The molecular weight excluding hydrogens is 158 g/mol. The second kappa shape index (κ2) is 6.42. The first-order chi connectivity index (χ1) is 6.04. The molecule has 1 heteroatoms. The Bertz CT molecular complexity index is 118. The van der Waals surface area contributed by atoms with E-state index in [0.29, 0.717) is 5.41 Å². The highest BCUT2D eigenvalue weighted by Crippen LogP contribution is 2.31. The van der Waals surface area contributed by atoms with Gasteiger partial charge in [0.05, 0.1) is 0 Å². The van der Waals surface area contributed by atoms with Crippen LogP contribution in [0.3, 0.4) is 0 Å². The van der Waals surface area contributed by atoms with Crippen molar-refractivity contribution in [3.05, 3.63) is 0 Å². The van der Waals surface area contributed by atoms with E-state index >= 15 is 0 Å². The predicted octanol–water partition coefficient (Wildman–Crippen LogP) is 3.45. The Kier molecular flexibility index (Phi) is 6.40. The van der Waals surface area contributed by atoms with Crippen LogP contribution in [-0.4, -0.2) is 13.1 Å². The van der Waals surface area contributed by atoms with Crippen LogP contribution in [-0.2, 0) is 0 Å². The fourth-order valence-electron chi connectivity index (χ4n) is 1.51. The van der Waals surface area contributed by atoms with Gasteiger partial charge in [-0.1, -0.05) is 41.0 Å².